The highest BCUT2D eigenvalue weighted by atomic mass is 32.1. The van der Waals surface area contributed by atoms with Crippen LogP contribution in [0.5, 0.6) is 5.75 Å². The topological polar surface area (TPSA) is 72.9 Å². The van der Waals surface area contributed by atoms with E-state index in [4.69, 9.17) is 14.2 Å². The molecule has 27 heavy (non-hydrogen) atoms. The SMILES string of the molecule is CCOc1ccc2nc(NC(=O)CN3CCC(C4OCCO4)CC3)sc2c1. The van der Waals surface area contributed by atoms with E-state index in [1.807, 2.05) is 25.1 Å². The molecule has 0 spiro atoms. The summed E-state index contributed by atoms with van der Waals surface area (Å²) in [6, 6.07) is 5.79. The van der Waals surface area contributed by atoms with Crippen LogP contribution >= 0.6 is 11.3 Å². The zero-order valence-electron chi connectivity index (χ0n) is 15.5. The molecule has 0 bridgehead atoms. The number of rotatable bonds is 6. The molecule has 1 amide bonds. The average molecular weight is 391 g/mol. The summed E-state index contributed by atoms with van der Waals surface area (Å²) in [5, 5.41) is 3.56. The molecule has 2 fully saturated rings. The highest BCUT2D eigenvalue weighted by molar-refractivity contribution is 7.22. The Kier molecular flexibility index (Phi) is 5.87. The number of thiazole rings is 1. The van der Waals surface area contributed by atoms with Crippen LogP contribution in [-0.2, 0) is 14.3 Å². The molecular formula is C19H25N3O4S. The first-order valence-electron chi connectivity index (χ1n) is 9.50. The van der Waals surface area contributed by atoms with Crippen LogP contribution in [0.3, 0.4) is 0 Å². The van der Waals surface area contributed by atoms with Crippen LogP contribution in [0.1, 0.15) is 19.8 Å². The third kappa shape index (κ3) is 4.57. The van der Waals surface area contributed by atoms with E-state index in [1.54, 1.807) is 0 Å². The van der Waals surface area contributed by atoms with Crippen LogP contribution in [0.4, 0.5) is 5.13 Å². The second kappa shape index (κ2) is 8.52. The molecule has 2 aliphatic heterocycles. The van der Waals surface area contributed by atoms with Crippen LogP contribution in [0, 0.1) is 5.92 Å². The summed E-state index contributed by atoms with van der Waals surface area (Å²) in [4.78, 5) is 19.1. The second-order valence-corrected chi connectivity index (χ2v) is 7.88. The van der Waals surface area contributed by atoms with Gasteiger partial charge in [0, 0.05) is 5.92 Å². The fourth-order valence-electron chi connectivity index (χ4n) is 3.61. The van der Waals surface area contributed by atoms with Gasteiger partial charge in [-0.15, -0.1) is 0 Å². The first-order chi connectivity index (χ1) is 13.2. The van der Waals surface area contributed by atoms with E-state index in [9.17, 15) is 4.79 Å². The molecule has 2 aliphatic rings. The fraction of sp³-hybridized carbons (Fsp3) is 0.579. The molecule has 4 rings (SSSR count). The van der Waals surface area contributed by atoms with Crippen molar-refractivity contribution in [2.24, 2.45) is 5.92 Å². The van der Waals surface area contributed by atoms with Gasteiger partial charge in [-0.1, -0.05) is 11.3 Å². The van der Waals surface area contributed by atoms with E-state index in [-0.39, 0.29) is 12.2 Å². The predicted octanol–water partition coefficient (Wildman–Crippen LogP) is 2.72. The summed E-state index contributed by atoms with van der Waals surface area (Å²) in [5.41, 5.74) is 0.871. The summed E-state index contributed by atoms with van der Waals surface area (Å²) in [5.74, 6) is 1.24. The third-order valence-corrected chi connectivity index (χ3v) is 5.88. The minimum atomic E-state index is -0.0506. The number of piperidine rings is 1. The number of carbonyl (C=O) groups excluding carboxylic acids is 1. The van der Waals surface area contributed by atoms with E-state index < -0.39 is 0 Å². The van der Waals surface area contributed by atoms with Crippen LogP contribution in [0.15, 0.2) is 18.2 Å². The van der Waals surface area contributed by atoms with Crippen molar-refractivity contribution in [3.8, 4) is 5.75 Å². The molecule has 0 unspecified atom stereocenters. The number of anilines is 1. The number of aromatic nitrogens is 1. The maximum absolute atomic E-state index is 12.4. The lowest BCUT2D eigenvalue weighted by Crippen LogP contribution is -2.41. The van der Waals surface area contributed by atoms with E-state index in [0.29, 0.717) is 37.4 Å². The number of amides is 1. The van der Waals surface area contributed by atoms with Crippen LogP contribution in [-0.4, -0.2) is 61.5 Å². The molecule has 0 aliphatic carbocycles. The minimum Gasteiger partial charge on any atom is -0.494 e. The van der Waals surface area contributed by atoms with Crippen molar-refractivity contribution in [2.45, 2.75) is 26.1 Å². The zero-order chi connectivity index (χ0) is 18.6. The number of hydrogen-bond acceptors (Lipinski definition) is 7. The molecule has 0 radical (unpaired) electrons. The number of nitrogens with one attached hydrogen (secondary N) is 1. The number of ether oxygens (including phenoxy) is 3. The molecular weight excluding hydrogens is 366 g/mol. The Hall–Kier alpha value is -1.74. The van der Waals surface area contributed by atoms with Gasteiger partial charge in [0.05, 0.1) is 36.6 Å². The fourth-order valence-corrected chi connectivity index (χ4v) is 4.52. The molecule has 146 valence electrons. The Labute approximate surface area is 162 Å². The van der Waals surface area contributed by atoms with Gasteiger partial charge < -0.3 is 19.5 Å². The smallest absolute Gasteiger partial charge is 0.240 e. The van der Waals surface area contributed by atoms with E-state index in [0.717, 1.165) is 41.9 Å². The van der Waals surface area contributed by atoms with Gasteiger partial charge in [-0.2, -0.15) is 0 Å². The lowest BCUT2D eigenvalue weighted by Gasteiger charge is -2.33. The van der Waals surface area contributed by atoms with Crippen molar-refractivity contribution in [1.29, 1.82) is 0 Å². The molecule has 7 nitrogen and oxygen atoms in total. The molecule has 1 N–H and O–H groups in total. The molecule has 1 aromatic carbocycles. The van der Waals surface area contributed by atoms with E-state index in [2.05, 4.69) is 15.2 Å². The summed E-state index contributed by atoms with van der Waals surface area (Å²) < 4.78 is 17.7. The number of nitrogens with zero attached hydrogens (tertiary/aromatic N) is 2. The molecule has 0 atom stereocenters. The molecule has 2 saturated heterocycles. The molecule has 1 aromatic heterocycles. The van der Waals surface area contributed by atoms with Gasteiger partial charge in [-0.25, -0.2) is 4.98 Å². The summed E-state index contributed by atoms with van der Waals surface area (Å²) in [6.45, 7) is 6.14. The molecule has 2 aromatic rings. The lowest BCUT2D eigenvalue weighted by atomic mass is 9.96. The van der Waals surface area contributed by atoms with Crippen LogP contribution < -0.4 is 10.1 Å². The van der Waals surface area contributed by atoms with Gasteiger partial charge in [0.25, 0.3) is 0 Å². The van der Waals surface area contributed by atoms with Gasteiger partial charge in [-0.3, -0.25) is 9.69 Å². The van der Waals surface area contributed by atoms with Crippen molar-refractivity contribution in [1.82, 2.24) is 9.88 Å². The Bertz CT molecular complexity index is 782. The largest absolute Gasteiger partial charge is 0.494 e. The predicted molar refractivity (Wildman–Crippen MR) is 104 cm³/mol. The van der Waals surface area contributed by atoms with Gasteiger partial charge in [-0.05, 0) is 51.1 Å². The first-order valence-corrected chi connectivity index (χ1v) is 10.3. The standard InChI is InChI=1S/C19H25N3O4S/c1-2-24-14-3-4-15-16(11-14)27-19(20-15)21-17(23)12-22-7-5-13(6-8-22)18-25-9-10-26-18/h3-4,11,13,18H,2,5-10,12H2,1H3,(H,20,21,23). The van der Waals surface area contributed by atoms with Crippen molar-refractivity contribution < 1.29 is 19.0 Å². The maximum atomic E-state index is 12.4. The summed E-state index contributed by atoms with van der Waals surface area (Å²) in [6.07, 6.45) is 1.95. The molecule has 3 heterocycles. The minimum absolute atomic E-state index is 0.0223. The van der Waals surface area contributed by atoms with Gasteiger partial charge in [0.2, 0.25) is 5.91 Å². The van der Waals surface area contributed by atoms with E-state index >= 15 is 0 Å². The highest BCUT2D eigenvalue weighted by Gasteiger charge is 2.30. The van der Waals surface area contributed by atoms with Crippen LogP contribution in [0.2, 0.25) is 0 Å². The van der Waals surface area contributed by atoms with E-state index in [1.165, 1.54) is 11.3 Å². The highest BCUT2D eigenvalue weighted by Crippen LogP contribution is 2.29. The Morgan fingerprint density at radius 1 is 1.33 bits per heavy atom. The summed E-state index contributed by atoms with van der Waals surface area (Å²) in [7, 11) is 0. The first kappa shape index (κ1) is 18.6. The molecule has 0 saturated carbocycles. The quantitative estimate of drug-likeness (QED) is 0.816. The number of benzene rings is 1. The van der Waals surface area contributed by atoms with Crippen molar-refractivity contribution >= 4 is 32.6 Å². The van der Waals surface area contributed by atoms with Gasteiger partial charge >= 0.3 is 0 Å². The van der Waals surface area contributed by atoms with Crippen molar-refractivity contribution in [3.05, 3.63) is 18.2 Å². The van der Waals surface area contributed by atoms with Crippen molar-refractivity contribution in [3.63, 3.8) is 0 Å². The Morgan fingerprint density at radius 2 is 2.11 bits per heavy atom. The number of hydrogen-bond donors (Lipinski definition) is 1. The Balaban J connectivity index is 1.28. The normalized spacial score (nSPS) is 19.6. The monoisotopic (exact) mass is 391 g/mol. The van der Waals surface area contributed by atoms with Gasteiger partial charge in [0.1, 0.15) is 5.75 Å². The van der Waals surface area contributed by atoms with Gasteiger partial charge in [0.15, 0.2) is 11.4 Å². The lowest BCUT2D eigenvalue weighted by molar-refractivity contribution is -0.119. The number of carbonyl (C=O) groups is 1. The number of likely N-dealkylation sites (tertiary alicyclic amines) is 1. The maximum Gasteiger partial charge on any atom is 0.240 e. The average Bonchev–Trinajstić information content (AvgIpc) is 3.31. The van der Waals surface area contributed by atoms with Crippen LogP contribution in [0.25, 0.3) is 10.2 Å². The Morgan fingerprint density at radius 3 is 2.85 bits per heavy atom. The second-order valence-electron chi connectivity index (χ2n) is 6.85. The molecule has 8 heteroatoms. The zero-order valence-corrected chi connectivity index (χ0v) is 16.3. The number of fused-ring (bicyclic) bond motifs is 1. The summed E-state index contributed by atoms with van der Waals surface area (Å²) >= 11 is 1.47. The van der Waals surface area contributed by atoms with Crippen molar-refractivity contribution in [2.75, 3.05) is 44.8 Å². The third-order valence-electron chi connectivity index (χ3n) is 4.95.